The number of amides is 2. The van der Waals surface area contributed by atoms with Crippen molar-refractivity contribution in [2.75, 3.05) is 25.0 Å². The third-order valence-corrected chi connectivity index (χ3v) is 3.71. The molecule has 1 heterocycles. The molecular formula is C14H18F3N3O. The number of rotatable bonds is 2. The molecule has 1 aliphatic heterocycles. The minimum Gasteiger partial charge on any atom is -0.330 e. The number of para-hydroxylation sites is 1. The van der Waals surface area contributed by atoms with Gasteiger partial charge in [0.2, 0.25) is 0 Å². The molecule has 0 aromatic heterocycles. The number of alkyl halides is 3. The number of halogens is 3. The lowest BCUT2D eigenvalue weighted by molar-refractivity contribution is -0.136. The van der Waals surface area contributed by atoms with Crippen molar-refractivity contribution in [1.82, 2.24) is 4.90 Å². The number of anilines is 1. The number of piperidine rings is 1. The molecule has 2 amide bonds. The van der Waals surface area contributed by atoms with E-state index in [0.717, 1.165) is 18.9 Å². The van der Waals surface area contributed by atoms with Crippen LogP contribution in [-0.2, 0) is 6.18 Å². The molecule has 4 nitrogen and oxygen atoms in total. The van der Waals surface area contributed by atoms with Crippen LogP contribution in [-0.4, -0.2) is 30.6 Å². The summed E-state index contributed by atoms with van der Waals surface area (Å²) in [7, 11) is 0. The van der Waals surface area contributed by atoms with E-state index < -0.39 is 17.8 Å². The molecule has 0 radical (unpaired) electrons. The minimum atomic E-state index is -4.49. The van der Waals surface area contributed by atoms with Gasteiger partial charge in [-0.25, -0.2) is 4.79 Å². The Kier molecular flexibility index (Phi) is 4.72. The number of nitrogens with two attached hydrogens (primary N) is 1. The number of hydrogen-bond donors (Lipinski definition) is 2. The van der Waals surface area contributed by atoms with Crippen molar-refractivity contribution in [3.05, 3.63) is 29.8 Å². The zero-order valence-corrected chi connectivity index (χ0v) is 11.5. The lowest BCUT2D eigenvalue weighted by atomic mass is 9.97. The first-order valence-corrected chi connectivity index (χ1v) is 6.84. The maximum Gasteiger partial charge on any atom is 0.418 e. The van der Waals surface area contributed by atoms with Crippen molar-refractivity contribution in [3.63, 3.8) is 0 Å². The first-order chi connectivity index (χ1) is 9.91. The van der Waals surface area contributed by atoms with Crippen LogP contribution in [0.1, 0.15) is 18.4 Å². The van der Waals surface area contributed by atoms with Gasteiger partial charge in [0.25, 0.3) is 0 Å². The Morgan fingerprint density at radius 2 is 1.90 bits per heavy atom. The van der Waals surface area contributed by atoms with Gasteiger partial charge < -0.3 is 16.0 Å². The monoisotopic (exact) mass is 301 g/mol. The number of likely N-dealkylation sites (tertiary alicyclic amines) is 1. The third kappa shape index (κ3) is 3.87. The quantitative estimate of drug-likeness (QED) is 0.882. The largest absolute Gasteiger partial charge is 0.418 e. The van der Waals surface area contributed by atoms with Crippen LogP contribution in [0.25, 0.3) is 0 Å². The zero-order chi connectivity index (χ0) is 15.5. The summed E-state index contributed by atoms with van der Waals surface area (Å²) >= 11 is 0. The first-order valence-electron chi connectivity index (χ1n) is 6.84. The summed E-state index contributed by atoms with van der Waals surface area (Å²) in [5, 5.41) is 2.36. The Labute approximate surface area is 121 Å². The van der Waals surface area contributed by atoms with E-state index in [1.807, 2.05) is 0 Å². The standard InChI is InChI=1S/C14H18F3N3O/c15-14(16,17)11-3-1-2-4-12(11)19-13(21)20-7-5-10(9-18)6-8-20/h1-4,10H,5-9,18H2,(H,19,21). The summed E-state index contributed by atoms with van der Waals surface area (Å²) in [5.74, 6) is 0.386. The highest BCUT2D eigenvalue weighted by atomic mass is 19.4. The number of nitrogens with one attached hydrogen (secondary N) is 1. The van der Waals surface area contributed by atoms with Gasteiger partial charge in [0.05, 0.1) is 11.3 Å². The summed E-state index contributed by atoms with van der Waals surface area (Å²) in [6, 6.07) is 4.47. The van der Waals surface area contributed by atoms with Gasteiger partial charge in [0.1, 0.15) is 0 Å². The van der Waals surface area contributed by atoms with Crippen molar-refractivity contribution in [3.8, 4) is 0 Å². The van der Waals surface area contributed by atoms with E-state index in [9.17, 15) is 18.0 Å². The average Bonchev–Trinajstić information content (AvgIpc) is 2.47. The third-order valence-electron chi connectivity index (χ3n) is 3.71. The number of hydrogen-bond acceptors (Lipinski definition) is 2. The Morgan fingerprint density at radius 3 is 2.48 bits per heavy atom. The van der Waals surface area contributed by atoms with Crippen LogP contribution < -0.4 is 11.1 Å². The predicted molar refractivity (Wildman–Crippen MR) is 73.8 cm³/mol. The molecule has 0 bridgehead atoms. The molecule has 0 atom stereocenters. The highest BCUT2D eigenvalue weighted by molar-refractivity contribution is 5.90. The maximum absolute atomic E-state index is 12.9. The fourth-order valence-electron chi connectivity index (χ4n) is 2.41. The second-order valence-electron chi connectivity index (χ2n) is 5.14. The molecule has 1 fully saturated rings. The van der Waals surface area contributed by atoms with Crippen molar-refractivity contribution in [1.29, 1.82) is 0 Å². The maximum atomic E-state index is 12.9. The van der Waals surface area contributed by atoms with Gasteiger partial charge >= 0.3 is 12.2 Å². The first kappa shape index (κ1) is 15.6. The highest BCUT2D eigenvalue weighted by Crippen LogP contribution is 2.34. The second-order valence-corrected chi connectivity index (χ2v) is 5.14. The van der Waals surface area contributed by atoms with E-state index in [1.165, 1.54) is 23.1 Å². The summed E-state index contributed by atoms with van der Waals surface area (Å²) in [6.45, 7) is 1.61. The normalized spacial score (nSPS) is 16.9. The molecule has 3 N–H and O–H groups in total. The molecule has 1 saturated heterocycles. The van der Waals surface area contributed by atoms with Gasteiger partial charge in [0, 0.05) is 13.1 Å². The van der Waals surface area contributed by atoms with Crippen molar-refractivity contribution in [2.45, 2.75) is 19.0 Å². The molecule has 0 saturated carbocycles. The fraction of sp³-hybridized carbons (Fsp3) is 0.500. The summed E-state index contributed by atoms with van der Waals surface area (Å²) < 4.78 is 38.6. The number of benzene rings is 1. The van der Waals surface area contributed by atoms with Crippen LogP contribution in [0.5, 0.6) is 0 Å². The predicted octanol–water partition coefficient (Wildman–Crippen LogP) is 2.91. The van der Waals surface area contributed by atoms with Crippen LogP contribution in [0.3, 0.4) is 0 Å². The molecule has 0 unspecified atom stereocenters. The van der Waals surface area contributed by atoms with Crippen LogP contribution in [0, 0.1) is 5.92 Å². The van der Waals surface area contributed by atoms with Crippen molar-refractivity contribution in [2.24, 2.45) is 11.7 Å². The number of carbonyl (C=O) groups excluding carboxylic acids is 1. The molecule has 0 spiro atoms. The van der Waals surface area contributed by atoms with Crippen LogP contribution in [0.2, 0.25) is 0 Å². The molecule has 116 valence electrons. The second kappa shape index (κ2) is 6.34. The molecule has 21 heavy (non-hydrogen) atoms. The van der Waals surface area contributed by atoms with E-state index in [2.05, 4.69) is 5.32 Å². The minimum absolute atomic E-state index is 0.212. The Balaban J connectivity index is 2.04. The van der Waals surface area contributed by atoms with Gasteiger partial charge in [-0.15, -0.1) is 0 Å². The zero-order valence-electron chi connectivity index (χ0n) is 11.5. The molecule has 0 aliphatic carbocycles. The summed E-state index contributed by atoms with van der Waals surface area (Å²) in [5.41, 5.74) is 4.52. The summed E-state index contributed by atoms with van der Waals surface area (Å²) in [6.07, 6.45) is -2.92. The van der Waals surface area contributed by atoms with E-state index in [1.54, 1.807) is 0 Å². The van der Waals surface area contributed by atoms with Crippen LogP contribution >= 0.6 is 0 Å². The molecule has 2 rings (SSSR count). The molecule has 1 aliphatic rings. The highest BCUT2D eigenvalue weighted by Gasteiger charge is 2.34. The van der Waals surface area contributed by atoms with Crippen molar-refractivity contribution >= 4 is 11.7 Å². The lowest BCUT2D eigenvalue weighted by Gasteiger charge is -2.31. The topological polar surface area (TPSA) is 58.4 Å². The average molecular weight is 301 g/mol. The van der Waals surface area contributed by atoms with E-state index in [-0.39, 0.29) is 5.69 Å². The Hall–Kier alpha value is -1.76. The fourth-order valence-corrected chi connectivity index (χ4v) is 2.41. The van der Waals surface area contributed by atoms with Gasteiger partial charge in [-0.1, -0.05) is 12.1 Å². The Morgan fingerprint density at radius 1 is 1.29 bits per heavy atom. The lowest BCUT2D eigenvalue weighted by Crippen LogP contribution is -2.42. The summed E-state index contributed by atoms with van der Waals surface area (Å²) in [4.78, 5) is 13.6. The molecular weight excluding hydrogens is 283 g/mol. The molecule has 1 aromatic carbocycles. The van der Waals surface area contributed by atoms with E-state index in [4.69, 9.17) is 5.73 Å². The number of carbonyl (C=O) groups is 1. The van der Waals surface area contributed by atoms with Gasteiger partial charge in [0.15, 0.2) is 0 Å². The van der Waals surface area contributed by atoms with Gasteiger partial charge in [-0.2, -0.15) is 13.2 Å². The van der Waals surface area contributed by atoms with Gasteiger partial charge in [-0.05, 0) is 37.4 Å². The number of urea groups is 1. The molecule has 1 aromatic rings. The van der Waals surface area contributed by atoms with E-state index >= 15 is 0 Å². The molecule has 7 heteroatoms. The smallest absolute Gasteiger partial charge is 0.330 e. The number of nitrogens with zero attached hydrogens (tertiary/aromatic N) is 1. The Bertz CT molecular complexity index is 496. The van der Waals surface area contributed by atoms with Gasteiger partial charge in [-0.3, -0.25) is 0 Å². The van der Waals surface area contributed by atoms with Crippen LogP contribution in [0.4, 0.5) is 23.7 Å². The van der Waals surface area contributed by atoms with E-state index in [0.29, 0.717) is 25.6 Å². The SMILES string of the molecule is NCC1CCN(C(=O)Nc2ccccc2C(F)(F)F)CC1. The van der Waals surface area contributed by atoms with Crippen molar-refractivity contribution < 1.29 is 18.0 Å². The van der Waals surface area contributed by atoms with Crippen LogP contribution in [0.15, 0.2) is 24.3 Å².